The average molecular weight is 234 g/mol. The number of nitrogens with zero attached hydrogens (tertiary/aromatic N) is 1. The molecule has 0 heterocycles. The van der Waals surface area contributed by atoms with Crippen molar-refractivity contribution in [1.82, 2.24) is 4.90 Å². The van der Waals surface area contributed by atoms with Crippen molar-refractivity contribution in [2.45, 2.75) is 25.7 Å². The van der Waals surface area contributed by atoms with Gasteiger partial charge in [0.05, 0.1) is 6.61 Å². The lowest BCUT2D eigenvalue weighted by molar-refractivity contribution is -0.116. The second kappa shape index (κ2) is 9.99. The molecule has 0 aliphatic carbocycles. The van der Waals surface area contributed by atoms with Crippen LogP contribution < -0.4 is 5.73 Å². The third-order valence-electron chi connectivity index (χ3n) is 2.68. The summed E-state index contributed by atoms with van der Waals surface area (Å²) >= 11 is 0. The van der Waals surface area contributed by atoms with Gasteiger partial charge in [-0.1, -0.05) is 0 Å². The maximum Gasteiger partial charge on any atom is 0.158 e. The molecule has 0 saturated carbocycles. The van der Waals surface area contributed by atoms with E-state index in [2.05, 4.69) is 4.90 Å². The van der Waals surface area contributed by atoms with Crippen molar-refractivity contribution < 1.29 is 14.2 Å². The Morgan fingerprint density at radius 3 is 2.31 bits per heavy atom. The van der Waals surface area contributed by atoms with Gasteiger partial charge in [-0.05, 0) is 14.0 Å². The van der Waals surface area contributed by atoms with Gasteiger partial charge in [0.1, 0.15) is 0 Å². The molecule has 0 radical (unpaired) electrons. The van der Waals surface area contributed by atoms with Crippen LogP contribution in [0.5, 0.6) is 0 Å². The zero-order valence-electron chi connectivity index (χ0n) is 10.9. The van der Waals surface area contributed by atoms with Gasteiger partial charge < -0.3 is 19.9 Å². The van der Waals surface area contributed by atoms with E-state index in [4.69, 9.17) is 19.9 Å². The van der Waals surface area contributed by atoms with E-state index >= 15 is 0 Å². The zero-order chi connectivity index (χ0) is 12.4. The lowest BCUT2D eigenvalue weighted by atomic mass is 10.2. The second-order valence-corrected chi connectivity index (χ2v) is 3.70. The molecule has 0 aliphatic rings. The molecular formula is C11H26N2O3. The fourth-order valence-electron chi connectivity index (χ4n) is 1.50. The van der Waals surface area contributed by atoms with Crippen LogP contribution >= 0.6 is 0 Å². The molecule has 16 heavy (non-hydrogen) atoms. The van der Waals surface area contributed by atoms with E-state index in [0.29, 0.717) is 6.54 Å². The molecule has 5 heteroatoms. The summed E-state index contributed by atoms with van der Waals surface area (Å²) in [5.74, 6) is 0. The average Bonchev–Trinajstić information content (AvgIpc) is 2.31. The Kier molecular flexibility index (Phi) is 9.86. The van der Waals surface area contributed by atoms with E-state index in [0.717, 1.165) is 26.2 Å². The molecule has 2 N–H and O–H groups in total. The molecule has 98 valence electrons. The number of likely N-dealkylation sites (N-methyl/N-ethyl adjacent to an activating group) is 1. The van der Waals surface area contributed by atoms with E-state index < -0.39 is 0 Å². The molecular weight excluding hydrogens is 208 g/mol. The van der Waals surface area contributed by atoms with Crippen LogP contribution in [0.4, 0.5) is 0 Å². The van der Waals surface area contributed by atoms with Gasteiger partial charge in [0.15, 0.2) is 6.29 Å². The largest absolute Gasteiger partial charge is 0.380 e. The van der Waals surface area contributed by atoms with Crippen LogP contribution in [0.3, 0.4) is 0 Å². The first-order valence-corrected chi connectivity index (χ1v) is 5.73. The molecule has 0 spiro atoms. The Labute approximate surface area is 98.8 Å². The highest BCUT2D eigenvalue weighted by Gasteiger charge is 2.18. The Bertz CT molecular complexity index is 154. The molecule has 0 aromatic carbocycles. The van der Waals surface area contributed by atoms with Crippen molar-refractivity contribution in [2.24, 2.45) is 5.73 Å². The smallest absolute Gasteiger partial charge is 0.158 e. The van der Waals surface area contributed by atoms with E-state index in [-0.39, 0.29) is 12.3 Å². The molecule has 1 atom stereocenters. The van der Waals surface area contributed by atoms with Gasteiger partial charge in [-0.15, -0.1) is 0 Å². The lowest BCUT2D eigenvalue weighted by Gasteiger charge is -2.29. The monoisotopic (exact) mass is 234 g/mol. The minimum absolute atomic E-state index is 0.192. The molecule has 1 unspecified atom stereocenters. The van der Waals surface area contributed by atoms with Crippen molar-refractivity contribution in [2.75, 3.05) is 47.6 Å². The number of ether oxygens (including phenoxy) is 3. The van der Waals surface area contributed by atoms with Gasteiger partial charge in [0.25, 0.3) is 0 Å². The van der Waals surface area contributed by atoms with Gasteiger partial charge in [-0.3, -0.25) is 4.90 Å². The quantitative estimate of drug-likeness (QED) is 0.435. The number of methoxy groups -OCH3 is 2. The van der Waals surface area contributed by atoms with E-state index in [1.165, 1.54) is 0 Å². The van der Waals surface area contributed by atoms with Gasteiger partial charge >= 0.3 is 0 Å². The van der Waals surface area contributed by atoms with Gasteiger partial charge in [0, 0.05) is 46.4 Å². The third kappa shape index (κ3) is 6.40. The standard InChI is InChI=1S/C11H26N2O3/c1-5-16-7-6-13(2)10(9-12)8-11(14-3)15-4/h10-11H,5-9,12H2,1-4H3. The highest BCUT2D eigenvalue weighted by Crippen LogP contribution is 2.07. The minimum atomic E-state index is -0.192. The van der Waals surface area contributed by atoms with Crippen molar-refractivity contribution in [3.63, 3.8) is 0 Å². The summed E-state index contributed by atoms with van der Waals surface area (Å²) in [5, 5.41) is 0. The molecule has 0 aliphatic heterocycles. The predicted octanol–water partition coefficient (Wildman–Crippen LogP) is 0.291. The topological polar surface area (TPSA) is 57.0 Å². The number of hydrogen-bond acceptors (Lipinski definition) is 5. The van der Waals surface area contributed by atoms with E-state index in [1.807, 2.05) is 14.0 Å². The summed E-state index contributed by atoms with van der Waals surface area (Å²) in [5.41, 5.74) is 5.74. The van der Waals surface area contributed by atoms with Crippen LogP contribution in [-0.4, -0.2) is 64.8 Å². The summed E-state index contributed by atoms with van der Waals surface area (Å²) in [6, 6.07) is 0.255. The van der Waals surface area contributed by atoms with Crippen LogP contribution in [0.25, 0.3) is 0 Å². The Hall–Kier alpha value is -0.200. The van der Waals surface area contributed by atoms with E-state index in [9.17, 15) is 0 Å². The molecule has 0 bridgehead atoms. The molecule has 0 aromatic rings. The predicted molar refractivity (Wildman–Crippen MR) is 64.4 cm³/mol. The summed E-state index contributed by atoms with van der Waals surface area (Å²) in [6.07, 6.45) is 0.578. The normalized spacial score (nSPS) is 13.7. The number of rotatable bonds is 10. The maximum absolute atomic E-state index is 5.74. The summed E-state index contributed by atoms with van der Waals surface area (Å²) in [7, 11) is 5.32. The number of hydrogen-bond donors (Lipinski definition) is 1. The molecule has 0 amide bonds. The second-order valence-electron chi connectivity index (χ2n) is 3.70. The lowest BCUT2D eigenvalue weighted by Crippen LogP contribution is -2.42. The van der Waals surface area contributed by atoms with Crippen molar-refractivity contribution in [3.05, 3.63) is 0 Å². The Morgan fingerprint density at radius 2 is 1.88 bits per heavy atom. The van der Waals surface area contributed by atoms with E-state index in [1.54, 1.807) is 14.2 Å². The highest BCUT2D eigenvalue weighted by molar-refractivity contribution is 4.71. The Balaban J connectivity index is 3.94. The minimum Gasteiger partial charge on any atom is -0.380 e. The highest BCUT2D eigenvalue weighted by atomic mass is 16.7. The van der Waals surface area contributed by atoms with Crippen molar-refractivity contribution >= 4 is 0 Å². The zero-order valence-corrected chi connectivity index (χ0v) is 10.9. The first-order valence-electron chi connectivity index (χ1n) is 5.73. The maximum atomic E-state index is 5.74. The third-order valence-corrected chi connectivity index (χ3v) is 2.68. The van der Waals surface area contributed by atoms with Crippen molar-refractivity contribution in [3.8, 4) is 0 Å². The first-order chi connectivity index (χ1) is 7.69. The molecule has 0 fully saturated rings. The van der Waals surface area contributed by atoms with Crippen molar-refractivity contribution in [1.29, 1.82) is 0 Å². The van der Waals surface area contributed by atoms with Crippen LogP contribution in [0.2, 0.25) is 0 Å². The molecule has 0 rings (SSSR count). The van der Waals surface area contributed by atoms with Gasteiger partial charge in [-0.25, -0.2) is 0 Å². The molecule has 0 saturated heterocycles. The molecule has 0 aromatic heterocycles. The van der Waals surface area contributed by atoms with Crippen LogP contribution in [0.1, 0.15) is 13.3 Å². The first kappa shape index (κ1) is 15.8. The summed E-state index contributed by atoms with van der Waals surface area (Å²) < 4.78 is 15.7. The van der Waals surface area contributed by atoms with Crippen LogP contribution in [-0.2, 0) is 14.2 Å². The fraction of sp³-hybridized carbons (Fsp3) is 1.00. The van der Waals surface area contributed by atoms with Gasteiger partial charge in [-0.2, -0.15) is 0 Å². The Morgan fingerprint density at radius 1 is 1.25 bits per heavy atom. The van der Waals surface area contributed by atoms with Crippen LogP contribution in [0, 0.1) is 0 Å². The summed E-state index contributed by atoms with van der Waals surface area (Å²) in [4.78, 5) is 2.18. The van der Waals surface area contributed by atoms with Crippen LogP contribution in [0.15, 0.2) is 0 Å². The number of nitrogens with two attached hydrogens (primary N) is 1. The molecule has 5 nitrogen and oxygen atoms in total. The summed E-state index contributed by atoms with van der Waals surface area (Å²) in [6.45, 7) is 4.93. The van der Waals surface area contributed by atoms with Gasteiger partial charge in [0.2, 0.25) is 0 Å². The SMILES string of the molecule is CCOCCN(C)C(CN)CC(OC)OC. The fourth-order valence-corrected chi connectivity index (χ4v) is 1.50.